The molecule has 2 heterocycles. The lowest BCUT2D eigenvalue weighted by Crippen LogP contribution is -2.41. The minimum Gasteiger partial charge on any atom is -0.493 e. The molecule has 1 aliphatic carbocycles. The van der Waals surface area contributed by atoms with Crippen LogP contribution in [0.3, 0.4) is 0 Å². The molecule has 0 amide bonds. The van der Waals surface area contributed by atoms with Crippen LogP contribution < -0.4 is 9.47 Å². The number of piperidine rings is 1. The van der Waals surface area contributed by atoms with Crippen LogP contribution in [0.2, 0.25) is 0 Å². The minimum absolute atomic E-state index is 0.209. The van der Waals surface area contributed by atoms with Gasteiger partial charge in [-0.15, -0.1) is 0 Å². The van der Waals surface area contributed by atoms with Crippen LogP contribution >= 0.6 is 0 Å². The van der Waals surface area contributed by atoms with Crippen LogP contribution in [-0.2, 0) is 6.54 Å². The number of rotatable bonds is 8. The van der Waals surface area contributed by atoms with E-state index in [1.54, 1.807) is 7.11 Å². The van der Waals surface area contributed by atoms with Crippen molar-refractivity contribution in [3.05, 3.63) is 23.8 Å². The number of hydrogen-bond donors (Lipinski definition) is 1. The van der Waals surface area contributed by atoms with Crippen LogP contribution in [0, 0.1) is 11.8 Å². The zero-order valence-corrected chi connectivity index (χ0v) is 17.6. The first-order chi connectivity index (χ1) is 14.1. The summed E-state index contributed by atoms with van der Waals surface area (Å²) >= 11 is 0. The van der Waals surface area contributed by atoms with E-state index in [2.05, 4.69) is 21.9 Å². The van der Waals surface area contributed by atoms with Crippen molar-refractivity contribution < 1.29 is 19.0 Å². The third kappa shape index (κ3) is 5.41. The molecular formula is C23H35FN2O3. The second-order valence-electron chi connectivity index (χ2n) is 9.07. The Bertz CT molecular complexity index is 654. The fraction of sp³-hybridized carbons (Fsp3) is 0.739. The monoisotopic (exact) mass is 406 g/mol. The van der Waals surface area contributed by atoms with E-state index in [9.17, 15) is 9.50 Å². The highest BCUT2D eigenvalue weighted by molar-refractivity contribution is 5.43. The Hall–Kier alpha value is -1.37. The fourth-order valence-electron chi connectivity index (χ4n) is 5.27. The number of methoxy groups -OCH3 is 1. The normalized spacial score (nSPS) is 27.1. The molecule has 1 aromatic carbocycles. The molecule has 1 unspecified atom stereocenters. The Labute approximate surface area is 173 Å². The number of fused-ring (bicyclic) bond motifs is 1. The summed E-state index contributed by atoms with van der Waals surface area (Å²) < 4.78 is 24.6. The molecule has 3 aliphatic rings. The van der Waals surface area contributed by atoms with Crippen LogP contribution in [-0.4, -0.2) is 73.6 Å². The lowest BCUT2D eigenvalue weighted by Gasteiger charge is -2.30. The quantitative estimate of drug-likeness (QED) is 0.719. The number of hydrogen-bond acceptors (Lipinski definition) is 5. The maximum absolute atomic E-state index is 13.2. The topological polar surface area (TPSA) is 45.2 Å². The van der Waals surface area contributed by atoms with E-state index in [0.717, 1.165) is 18.4 Å². The first-order valence-electron chi connectivity index (χ1n) is 11.2. The van der Waals surface area contributed by atoms with Crippen LogP contribution in [0.1, 0.15) is 37.7 Å². The number of benzene rings is 1. The standard InChI is InChI=1S/C23H35FN2O3/c1-28-23-11-17(12-26-13-18-3-2-4-19(18)14-26)5-6-22(23)29-16-21(27)15-25-9-7-20(24)8-10-25/h5-6,11,18-21,27H,2-4,7-10,12-16H2,1H3/t18-,19+,21?. The highest BCUT2D eigenvalue weighted by Gasteiger charge is 2.35. The molecule has 0 bridgehead atoms. The zero-order valence-electron chi connectivity index (χ0n) is 17.6. The Balaban J connectivity index is 1.26. The Morgan fingerprint density at radius 2 is 1.79 bits per heavy atom. The molecule has 5 nitrogen and oxygen atoms in total. The predicted molar refractivity (Wildman–Crippen MR) is 111 cm³/mol. The van der Waals surface area contributed by atoms with E-state index >= 15 is 0 Å². The Kier molecular flexibility index (Phi) is 6.93. The average Bonchev–Trinajstić information content (AvgIpc) is 3.30. The summed E-state index contributed by atoms with van der Waals surface area (Å²) in [7, 11) is 1.66. The number of alkyl halides is 1. The van der Waals surface area contributed by atoms with Crippen molar-refractivity contribution in [3.63, 3.8) is 0 Å². The van der Waals surface area contributed by atoms with Crippen molar-refractivity contribution in [1.29, 1.82) is 0 Å². The molecule has 1 saturated carbocycles. The van der Waals surface area contributed by atoms with Gasteiger partial charge in [-0.2, -0.15) is 0 Å². The Morgan fingerprint density at radius 3 is 2.48 bits per heavy atom. The number of likely N-dealkylation sites (tertiary alicyclic amines) is 2. The summed E-state index contributed by atoms with van der Waals surface area (Å²) in [6.45, 7) is 5.53. The van der Waals surface area contributed by atoms with Gasteiger partial charge in [0.1, 0.15) is 18.9 Å². The molecule has 1 N–H and O–H groups in total. The van der Waals surface area contributed by atoms with Crippen LogP contribution in [0.25, 0.3) is 0 Å². The molecule has 0 spiro atoms. The minimum atomic E-state index is -0.692. The van der Waals surface area contributed by atoms with Crippen LogP contribution in [0.4, 0.5) is 4.39 Å². The van der Waals surface area contributed by atoms with Crippen molar-refractivity contribution in [3.8, 4) is 11.5 Å². The molecule has 2 saturated heterocycles. The van der Waals surface area contributed by atoms with Crippen molar-refractivity contribution in [2.45, 2.75) is 50.9 Å². The van der Waals surface area contributed by atoms with Gasteiger partial charge in [0.15, 0.2) is 11.5 Å². The third-order valence-corrected chi connectivity index (χ3v) is 6.85. The summed E-state index contributed by atoms with van der Waals surface area (Å²) in [6.07, 6.45) is 4.02. The summed E-state index contributed by atoms with van der Waals surface area (Å²) in [6, 6.07) is 6.11. The third-order valence-electron chi connectivity index (χ3n) is 6.85. The highest BCUT2D eigenvalue weighted by atomic mass is 19.1. The average molecular weight is 407 g/mol. The SMILES string of the molecule is COc1cc(CN2C[C@H]3CCC[C@H]3C2)ccc1OCC(O)CN1CCC(F)CC1. The first kappa shape index (κ1) is 20.9. The maximum atomic E-state index is 13.2. The highest BCUT2D eigenvalue weighted by Crippen LogP contribution is 2.38. The summed E-state index contributed by atoms with van der Waals surface area (Å²) in [5, 5.41) is 10.3. The predicted octanol–water partition coefficient (Wildman–Crippen LogP) is 3.10. The van der Waals surface area contributed by atoms with Crippen LogP contribution in [0.15, 0.2) is 18.2 Å². The Morgan fingerprint density at radius 1 is 1.07 bits per heavy atom. The molecule has 1 aromatic rings. The van der Waals surface area contributed by atoms with Gasteiger partial charge in [-0.1, -0.05) is 12.5 Å². The number of aliphatic hydroxyl groups is 1. The molecule has 2 aliphatic heterocycles. The van der Waals surface area contributed by atoms with Gasteiger partial charge in [0, 0.05) is 39.3 Å². The van der Waals surface area contributed by atoms with Crippen molar-refractivity contribution in [2.75, 3.05) is 46.4 Å². The number of β-amino-alcohol motifs (C(OH)–C–C–N with tert-alkyl or cyclic N) is 1. The van der Waals surface area contributed by atoms with Crippen molar-refractivity contribution in [2.24, 2.45) is 11.8 Å². The summed E-state index contributed by atoms with van der Waals surface area (Å²) in [4.78, 5) is 4.67. The molecule has 3 fully saturated rings. The lowest BCUT2D eigenvalue weighted by molar-refractivity contribution is 0.0500. The van der Waals surface area contributed by atoms with Gasteiger partial charge in [-0.3, -0.25) is 4.90 Å². The number of halogens is 1. The van der Waals surface area contributed by atoms with E-state index in [-0.39, 0.29) is 6.61 Å². The fourth-order valence-corrected chi connectivity index (χ4v) is 5.27. The van der Waals surface area contributed by atoms with E-state index in [1.807, 2.05) is 6.07 Å². The number of nitrogens with zero attached hydrogens (tertiary/aromatic N) is 2. The van der Waals surface area contributed by atoms with Gasteiger partial charge in [0.25, 0.3) is 0 Å². The first-order valence-corrected chi connectivity index (χ1v) is 11.2. The van der Waals surface area contributed by atoms with Crippen molar-refractivity contribution in [1.82, 2.24) is 9.80 Å². The summed E-state index contributed by atoms with van der Waals surface area (Å²) in [5.41, 5.74) is 1.24. The van der Waals surface area contributed by atoms with Gasteiger partial charge in [-0.05, 0) is 55.2 Å². The maximum Gasteiger partial charge on any atom is 0.161 e. The van der Waals surface area contributed by atoms with Gasteiger partial charge in [0.05, 0.1) is 7.11 Å². The summed E-state index contributed by atoms with van der Waals surface area (Å²) in [5.74, 6) is 3.18. The zero-order chi connectivity index (χ0) is 20.2. The molecule has 0 aromatic heterocycles. The number of ether oxygens (including phenoxy) is 2. The van der Waals surface area contributed by atoms with E-state index in [0.29, 0.717) is 44.0 Å². The molecule has 3 atom stereocenters. The second kappa shape index (κ2) is 9.63. The molecule has 0 radical (unpaired) electrons. The largest absolute Gasteiger partial charge is 0.493 e. The van der Waals surface area contributed by atoms with Gasteiger partial charge < -0.3 is 19.5 Å². The van der Waals surface area contributed by atoms with E-state index < -0.39 is 12.3 Å². The van der Waals surface area contributed by atoms with Gasteiger partial charge in [0.2, 0.25) is 0 Å². The molecule has 162 valence electrons. The van der Waals surface area contributed by atoms with E-state index in [1.165, 1.54) is 37.9 Å². The second-order valence-corrected chi connectivity index (χ2v) is 9.07. The van der Waals surface area contributed by atoms with Crippen LogP contribution in [0.5, 0.6) is 11.5 Å². The molecular weight excluding hydrogens is 371 g/mol. The smallest absolute Gasteiger partial charge is 0.161 e. The number of aliphatic hydroxyl groups excluding tert-OH is 1. The van der Waals surface area contributed by atoms with Gasteiger partial charge in [-0.25, -0.2) is 4.39 Å². The molecule has 29 heavy (non-hydrogen) atoms. The molecule has 6 heteroatoms. The van der Waals surface area contributed by atoms with Gasteiger partial charge >= 0.3 is 0 Å². The van der Waals surface area contributed by atoms with Crippen molar-refractivity contribution >= 4 is 0 Å². The van der Waals surface area contributed by atoms with E-state index in [4.69, 9.17) is 9.47 Å². The molecule has 4 rings (SSSR count). The lowest BCUT2D eigenvalue weighted by atomic mass is 10.0.